The van der Waals surface area contributed by atoms with Crippen molar-refractivity contribution in [1.29, 1.82) is 0 Å². The molecular weight excluding hydrogens is 336 g/mol. The van der Waals surface area contributed by atoms with Gasteiger partial charge in [0.25, 0.3) is 0 Å². The standard InChI is InChI=1S/C18H30N4O4/c1-21-7-5-14(6-8-21)10-16-19-17(22(20-16)11-18(23)24)13-25-12-15-4-2-3-9-26-15/h14-15H,2-13H2,1H3,(H,23,24)/t15-/m1/s1. The van der Waals surface area contributed by atoms with Crippen LogP contribution in [0.5, 0.6) is 0 Å². The molecule has 2 aliphatic rings. The molecule has 0 radical (unpaired) electrons. The zero-order valence-electron chi connectivity index (χ0n) is 15.6. The number of likely N-dealkylation sites (tertiary alicyclic amines) is 1. The Bertz CT molecular complexity index is 578. The van der Waals surface area contributed by atoms with Crippen molar-refractivity contribution in [2.45, 2.75) is 57.8 Å². The van der Waals surface area contributed by atoms with E-state index < -0.39 is 5.97 Å². The van der Waals surface area contributed by atoms with Crippen LogP contribution < -0.4 is 0 Å². The quantitative estimate of drug-likeness (QED) is 0.742. The van der Waals surface area contributed by atoms with Crippen molar-refractivity contribution in [2.24, 2.45) is 5.92 Å². The highest BCUT2D eigenvalue weighted by atomic mass is 16.5. The lowest BCUT2D eigenvalue weighted by Gasteiger charge is -2.28. The molecule has 0 aliphatic carbocycles. The topological polar surface area (TPSA) is 89.7 Å². The highest BCUT2D eigenvalue weighted by Gasteiger charge is 2.21. The molecule has 0 bridgehead atoms. The first-order valence-corrected chi connectivity index (χ1v) is 9.62. The molecule has 146 valence electrons. The smallest absolute Gasteiger partial charge is 0.325 e. The summed E-state index contributed by atoms with van der Waals surface area (Å²) >= 11 is 0. The van der Waals surface area contributed by atoms with Crippen LogP contribution in [0.4, 0.5) is 0 Å². The van der Waals surface area contributed by atoms with Gasteiger partial charge in [0.05, 0.1) is 12.7 Å². The lowest BCUT2D eigenvalue weighted by atomic mass is 9.94. The predicted molar refractivity (Wildman–Crippen MR) is 94.8 cm³/mol. The number of hydrogen-bond acceptors (Lipinski definition) is 6. The maximum Gasteiger partial charge on any atom is 0.325 e. The maximum atomic E-state index is 11.1. The first kappa shape index (κ1) is 19.3. The Morgan fingerprint density at radius 2 is 2.12 bits per heavy atom. The van der Waals surface area contributed by atoms with E-state index in [-0.39, 0.29) is 19.3 Å². The van der Waals surface area contributed by atoms with Crippen LogP contribution in [-0.2, 0) is 33.8 Å². The molecule has 2 aliphatic heterocycles. The first-order chi connectivity index (χ1) is 12.6. The van der Waals surface area contributed by atoms with Gasteiger partial charge >= 0.3 is 5.97 Å². The second kappa shape index (κ2) is 9.43. The summed E-state index contributed by atoms with van der Waals surface area (Å²) in [6.45, 7) is 3.59. The number of nitrogens with zero attached hydrogens (tertiary/aromatic N) is 4. The average Bonchev–Trinajstić information content (AvgIpc) is 2.98. The third kappa shape index (κ3) is 5.75. The van der Waals surface area contributed by atoms with Crippen molar-refractivity contribution in [1.82, 2.24) is 19.7 Å². The minimum absolute atomic E-state index is 0.137. The summed E-state index contributed by atoms with van der Waals surface area (Å²) in [4.78, 5) is 18.0. The Labute approximate surface area is 154 Å². The summed E-state index contributed by atoms with van der Waals surface area (Å²) < 4.78 is 12.9. The number of carboxylic acids is 1. The number of piperidine rings is 1. The normalized spacial score (nSPS) is 22.6. The molecule has 26 heavy (non-hydrogen) atoms. The van der Waals surface area contributed by atoms with Crippen molar-refractivity contribution in [3.63, 3.8) is 0 Å². The SMILES string of the molecule is CN1CCC(Cc2nc(COC[C@H]3CCCCO3)n(CC(=O)O)n2)CC1. The summed E-state index contributed by atoms with van der Waals surface area (Å²) in [7, 11) is 2.14. The van der Waals surface area contributed by atoms with E-state index in [0.717, 1.165) is 57.6 Å². The van der Waals surface area contributed by atoms with Gasteiger partial charge in [-0.2, -0.15) is 5.10 Å². The molecule has 1 atom stereocenters. The van der Waals surface area contributed by atoms with E-state index >= 15 is 0 Å². The molecule has 3 rings (SSSR count). The number of aliphatic carboxylic acids is 1. The van der Waals surface area contributed by atoms with Crippen LogP contribution in [0.25, 0.3) is 0 Å². The Hall–Kier alpha value is -1.51. The van der Waals surface area contributed by atoms with Crippen molar-refractivity contribution in [3.05, 3.63) is 11.6 Å². The van der Waals surface area contributed by atoms with E-state index in [2.05, 4.69) is 22.0 Å². The molecule has 2 fully saturated rings. The summed E-state index contributed by atoms with van der Waals surface area (Å²) in [5.41, 5.74) is 0. The van der Waals surface area contributed by atoms with Crippen molar-refractivity contribution in [3.8, 4) is 0 Å². The third-order valence-corrected chi connectivity index (χ3v) is 5.20. The van der Waals surface area contributed by atoms with Gasteiger partial charge in [0.1, 0.15) is 13.2 Å². The zero-order chi connectivity index (χ0) is 18.4. The number of ether oxygens (including phenoxy) is 2. The Kier molecular flexibility index (Phi) is 6.99. The minimum atomic E-state index is -0.919. The van der Waals surface area contributed by atoms with Gasteiger partial charge in [0, 0.05) is 13.0 Å². The molecule has 0 spiro atoms. The summed E-state index contributed by atoms with van der Waals surface area (Å²) in [6, 6.07) is 0. The van der Waals surface area contributed by atoms with Crippen molar-refractivity contribution >= 4 is 5.97 Å². The number of rotatable bonds is 8. The van der Waals surface area contributed by atoms with Gasteiger partial charge in [-0.05, 0) is 58.2 Å². The molecule has 8 nitrogen and oxygen atoms in total. The second-order valence-electron chi connectivity index (χ2n) is 7.45. The lowest BCUT2D eigenvalue weighted by Crippen LogP contribution is -2.31. The van der Waals surface area contributed by atoms with E-state index in [1.807, 2.05) is 0 Å². The van der Waals surface area contributed by atoms with Crippen LogP contribution >= 0.6 is 0 Å². The number of aromatic nitrogens is 3. The summed E-state index contributed by atoms with van der Waals surface area (Å²) in [5.74, 6) is 0.966. The van der Waals surface area contributed by atoms with Gasteiger partial charge in [-0.25, -0.2) is 9.67 Å². The zero-order valence-corrected chi connectivity index (χ0v) is 15.6. The first-order valence-electron chi connectivity index (χ1n) is 9.62. The Morgan fingerprint density at radius 1 is 1.31 bits per heavy atom. The van der Waals surface area contributed by atoms with Crippen LogP contribution in [0.2, 0.25) is 0 Å². The molecule has 0 aromatic carbocycles. The summed E-state index contributed by atoms with van der Waals surface area (Å²) in [6.07, 6.45) is 6.51. The van der Waals surface area contributed by atoms with Gasteiger partial charge < -0.3 is 19.5 Å². The molecule has 3 heterocycles. The van der Waals surface area contributed by atoms with Gasteiger partial charge in [-0.15, -0.1) is 0 Å². The molecule has 0 amide bonds. The summed E-state index contributed by atoms with van der Waals surface area (Å²) in [5, 5.41) is 13.6. The van der Waals surface area contributed by atoms with Gasteiger partial charge in [-0.1, -0.05) is 0 Å². The second-order valence-corrected chi connectivity index (χ2v) is 7.45. The molecule has 1 aromatic heterocycles. The van der Waals surface area contributed by atoms with E-state index in [1.165, 1.54) is 11.1 Å². The molecular formula is C18H30N4O4. The van der Waals surface area contributed by atoms with Gasteiger partial charge in [0.2, 0.25) is 0 Å². The van der Waals surface area contributed by atoms with E-state index in [1.54, 1.807) is 0 Å². The maximum absolute atomic E-state index is 11.1. The number of carboxylic acid groups (broad SMARTS) is 1. The molecule has 0 unspecified atom stereocenters. The molecule has 1 N–H and O–H groups in total. The van der Waals surface area contributed by atoms with Crippen LogP contribution in [0.1, 0.15) is 43.8 Å². The average molecular weight is 366 g/mol. The third-order valence-electron chi connectivity index (χ3n) is 5.20. The fourth-order valence-electron chi connectivity index (χ4n) is 3.62. The monoisotopic (exact) mass is 366 g/mol. The minimum Gasteiger partial charge on any atom is -0.480 e. The van der Waals surface area contributed by atoms with Crippen LogP contribution in [0.3, 0.4) is 0 Å². The number of carbonyl (C=O) groups is 1. The highest BCUT2D eigenvalue weighted by Crippen LogP contribution is 2.20. The van der Waals surface area contributed by atoms with Crippen LogP contribution in [0, 0.1) is 5.92 Å². The van der Waals surface area contributed by atoms with Crippen LogP contribution in [-0.4, -0.2) is 70.2 Å². The lowest BCUT2D eigenvalue weighted by molar-refractivity contribution is -0.138. The predicted octanol–water partition coefficient (Wildman–Crippen LogP) is 1.33. The Balaban J connectivity index is 1.55. The van der Waals surface area contributed by atoms with E-state index in [9.17, 15) is 4.79 Å². The van der Waals surface area contributed by atoms with E-state index in [4.69, 9.17) is 14.6 Å². The molecule has 0 saturated carbocycles. The highest BCUT2D eigenvalue weighted by molar-refractivity contribution is 5.66. The van der Waals surface area contributed by atoms with Crippen molar-refractivity contribution < 1.29 is 19.4 Å². The fraction of sp³-hybridized carbons (Fsp3) is 0.833. The number of hydrogen-bond donors (Lipinski definition) is 1. The van der Waals surface area contributed by atoms with Gasteiger partial charge in [-0.3, -0.25) is 4.79 Å². The van der Waals surface area contributed by atoms with Crippen LogP contribution in [0.15, 0.2) is 0 Å². The fourth-order valence-corrected chi connectivity index (χ4v) is 3.62. The van der Waals surface area contributed by atoms with Gasteiger partial charge in [0.15, 0.2) is 11.6 Å². The largest absolute Gasteiger partial charge is 0.480 e. The van der Waals surface area contributed by atoms with E-state index in [0.29, 0.717) is 18.3 Å². The van der Waals surface area contributed by atoms with Crippen molar-refractivity contribution in [2.75, 3.05) is 33.4 Å². The molecule has 1 aromatic rings. The molecule has 2 saturated heterocycles. The Morgan fingerprint density at radius 3 is 2.81 bits per heavy atom. The molecule has 8 heteroatoms.